The highest BCUT2D eigenvalue weighted by Crippen LogP contribution is 2.44. The molecule has 1 saturated heterocycles. The van der Waals surface area contributed by atoms with E-state index in [0.29, 0.717) is 23.0 Å². The topological polar surface area (TPSA) is 168 Å². The van der Waals surface area contributed by atoms with E-state index in [1.165, 1.54) is 0 Å². The number of nitrogens with zero attached hydrogens (tertiary/aromatic N) is 2. The van der Waals surface area contributed by atoms with Crippen LogP contribution in [0.15, 0.2) is 46.1 Å². The van der Waals surface area contributed by atoms with E-state index in [0.717, 1.165) is 12.6 Å². The van der Waals surface area contributed by atoms with Crippen molar-refractivity contribution in [2.75, 3.05) is 6.61 Å². The smallest absolute Gasteiger partial charge is 0.332 e. The molecule has 1 fully saturated rings. The van der Waals surface area contributed by atoms with E-state index in [4.69, 9.17) is 4.74 Å². The number of benzene rings is 1. The quantitative estimate of drug-likeness (QED) is 0.115. The van der Waals surface area contributed by atoms with E-state index in [1.54, 1.807) is 30.3 Å². The van der Waals surface area contributed by atoms with Crippen LogP contribution in [0.25, 0.3) is 0 Å². The zero-order valence-electron chi connectivity index (χ0n) is 18.7. The van der Waals surface area contributed by atoms with Gasteiger partial charge in [-0.05, 0) is 18.4 Å². The fourth-order valence-electron chi connectivity index (χ4n) is 4.05. The molecule has 2 aromatic rings. The molecule has 11 nitrogen and oxygen atoms in total. The number of ether oxygens (including phenoxy) is 1. The van der Waals surface area contributed by atoms with Gasteiger partial charge >= 0.3 is 11.6 Å². The minimum absolute atomic E-state index is 0.0164. The van der Waals surface area contributed by atoms with Crippen LogP contribution in [-0.4, -0.2) is 71.1 Å². The van der Waals surface area contributed by atoms with Gasteiger partial charge in [0.25, 0.3) is 5.56 Å². The molecule has 0 bridgehead atoms. The summed E-state index contributed by atoms with van der Waals surface area (Å²) in [4.78, 5) is 27.0. The second kappa shape index (κ2) is 10.4. The number of alkyl halides is 1. The molecule has 1 aromatic carbocycles. The summed E-state index contributed by atoms with van der Waals surface area (Å²) in [5.74, 6) is -3.28. The molecule has 2 heterocycles. The van der Waals surface area contributed by atoms with Gasteiger partial charge in [0.05, 0.1) is 6.61 Å². The van der Waals surface area contributed by atoms with Gasteiger partial charge in [-0.1, -0.05) is 50.1 Å². The second-order valence-electron chi connectivity index (χ2n) is 8.34. The van der Waals surface area contributed by atoms with Crippen molar-refractivity contribution in [3.05, 3.63) is 68.5 Å². The Hall–Kier alpha value is -2.45. The molecule has 3 rings (SSSR count). The Labute approximate surface area is 194 Å². The van der Waals surface area contributed by atoms with Gasteiger partial charge in [-0.25, -0.2) is 13.8 Å². The summed E-state index contributed by atoms with van der Waals surface area (Å²) in [6.45, 7) is 0.938. The average molecular weight is 483 g/mol. The molecule has 1 unspecified atom stereocenters. The number of hydrogen-bond acceptors (Lipinski definition) is 9. The largest absolute Gasteiger partial charge is 0.394 e. The number of unbranched alkanes of at least 4 members (excludes halogenated alkanes) is 2. The van der Waals surface area contributed by atoms with Crippen molar-refractivity contribution in [1.82, 2.24) is 14.6 Å². The fraction of sp³-hybridized carbons (Fsp3) is 0.545. The Balaban J connectivity index is 2.08. The summed E-state index contributed by atoms with van der Waals surface area (Å²) in [7, 11) is 0. The lowest BCUT2D eigenvalue weighted by atomic mass is 9.99. The SMILES string of the molecule is CCCCCC(F)N(O)[C@@]1(O)[C@H](O)[C@@H](CO)O[C@@]1(O)n1cc(Cc2ccccc2)c(=O)[nH]c1=O. The number of hydroxylamine groups is 2. The van der Waals surface area contributed by atoms with Crippen LogP contribution in [-0.2, 0) is 17.1 Å². The standard InChI is InChI=1S/C22H30FN3O8/c1-2-3-5-10-17(23)26(33)21(31)18(28)16(13-27)34-22(21,32)25-12-15(19(29)24-20(25)30)11-14-8-6-4-7-9-14/h4,6-9,12,16-18,27-28,31-33H,2-3,5,10-11,13H2,1H3,(H,24,29,30)/t16-,17?,18-,21-,22-/m1/s1. The fourth-order valence-corrected chi connectivity index (χ4v) is 4.05. The predicted octanol–water partition coefficient (Wildman–Crippen LogP) is -0.262. The van der Waals surface area contributed by atoms with Gasteiger partial charge in [0.1, 0.15) is 12.2 Å². The van der Waals surface area contributed by atoms with Crippen molar-refractivity contribution in [2.24, 2.45) is 0 Å². The van der Waals surface area contributed by atoms with Gasteiger partial charge in [0.15, 0.2) is 6.30 Å². The number of aliphatic hydroxyl groups is 4. The monoisotopic (exact) mass is 483 g/mol. The molecular weight excluding hydrogens is 453 g/mol. The maximum Gasteiger partial charge on any atom is 0.332 e. The second-order valence-corrected chi connectivity index (χ2v) is 8.34. The highest BCUT2D eigenvalue weighted by molar-refractivity contribution is 5.23. The number of aromatic amines is 1. The van der Waals surface area contributed by atoms with E-state index >= 15 is 0 Å². The Bertz CT molecular complexity index is 1080. The molecule has 1 aliphatic rings. The van der Waals surface area contributed by atoms with Crippen molar-refractivity contribution in [1.29, 1.82) is 0 Å². The van der Waals surface area contributed by atoms with Gasteiger partial charge in [-0.2, -0.15) is 0 Å². The first kappa shape index (κ1) is 26.2. The summed E-state index contributed by atoms with van der Waals surface area (Å²) in [6, 6.07) is 8.67. The van der Waals surface area contributed by atoms with Crippen molar-refractivity contribution in [3.8, 4) is 0 Å². The van der Waals surface area contributed by atoms with Gasteiger partial charge in [0, 0.05) is 18.2 Å². The molecule has 5 atom stereocenters. The molecule has 34 heavy (non-hydrogen) atoms. The molecule has 0 amide bonds. The van der Waals surface area contributed by atoms with Gasteiger partial charge in [0.2, 0.25) is 5.72 Å². The third kappa shape index (κ3) is 4.58. The number of halogens is 1. The van der Waals surface area contributed by atoms with Crippen LogP contribution in [0.3, 0.4) is 0 Å². The molecule has 0 spiro atoms. The minimum atomic E-state index is -3.32. The maximum atomic E-state index is 14.8. The number of nitrogens with one attached hydrogen (secondary N) is 1. The molecule has 1 aliphatic heterocycles. The van der Waals surface area contributed by atoms with Gasteiger partial charge < -0.3 is 30.4 Å². The summed E-state index contributed by atoms with van der Waals surface area (Å²) in [5, 5.41) is 53.0. The summed E-state index contributed by atoms with van der Waals surface area (Å²) in [5.41, 5.74) is -4.71. The number of aromatic nitrogens is 2. The average Bonchev–Trinajstić information content (AvgIpc) is 3.03. The first-order chi connectivity index (χ1) is 16.1. The summed E-state index contributed by atoms with van der Waals surface area (Å²) in [6.07, 6.45) is -3.87. The Morgan fingerprint density at radius 2 is 1.91 bits per heavy atom. The van der Waals surface area contributed by atoms with E-state index in [2.05, 4.69) is 0 Å². The van der Waals surface area contributed by atoms with Crippen molar-refractivity contribution >= 4 is 0 Å². The summed E-state index contributed by atoms with van der Waals surface area (Å²) < 4.78 is 20.4. The van der Waals surface area contributed by atoms with E-state index in [1.807, 2.05) is 11.9 Å². The van der Waals surface area contributed by atoms with Crippen LogP contribution in [0, 0.1) is 0 Å². The van der Waals surface area contributed by atoms with E-state index in [-0.39, 0.29) is 23.5 Å². The van der Waals surface area contributed by atoms with Crippen LogP contribution in [0.2, 0.25) is 0 Å². The third-order valence-corrected chi connectivity index (χ3v) is 5.98. The van der Waals surface area contributed by atoms with Crippen LogP contribution in [0.5, 0.6) is 0 Å². The van der Waals surface area contributed by atoms with Crippen LogP contribution in [0.4, 0.5) is 4.39 Å². The highest BCUT2D eigenvalue weighted by Gasteiger charge is 2.71. The Morgan fingerprint density at radius 3 is 2.53 bits per heavy atom. The van der Waals surface area contributed by atoms with Gasteiger partial charge in [-0.3, -0.25) is 9.78 Å². The predicted molar refractivity (Wildman–Crippen MR) is 116 cm³/mol. The molecule has 1 aromatic heterocycles. The first-order valence-electron chi connectivity index (χ1n) is 11.0. The minimum Gasteiger partial charge on any atom is -0.394 e. The van der Waals surface area contributed by atoms with Crippen molar-refractivity contribution < 1.29 is 34.8 Å². The lowest BCUT2D eigenvalue weighted by Gasteiger charge is -2.43. The summed E-state index contributed by atoms with van der Waals surface area (Å²) >= 11 is 0. The van der Waals surface area contributed by atoms with Crippen LogP contribution >= 0.6 is 0 Å². The molecule has 12 heteroatoms. The number of hydrogen-bond donors (Lipinski definition) is 6. The molecule has 0 saturated carbocycles. The molecule has 188 valence electrons. The first-order valence-corrected chi connectivity index (χ1v) is 11.0. The molecule has 0 aliphatic carbocycles. The molecule has 6 N–H and O–H groups in total. The third-order valence-electron chi connectivity index (χ3n) is 5.98. The number of rotatable bonds is 10. The zero-order chi connectivity index (χ0) is 25.1. The lowest BCUT2D eigenvalue weighted by Crippen LogP contribution is -2.69. The van der Waals surface area contributed by atoms with Crippen molar-refractivity contribution in [3.63, 3.8) is 0 Å². The van der Waals surface area contributed by atoms with Crippen molar-refractivity contribution in [2.45, 2.75) is 69.2 Å². The van der Waals surface area contributed by atoms with Crippen LogP contribution < -0.4 is 11.2 Å². The van der Waals surface area contributed by atoms with E-state index < -0.39 is 48.0 Å². The Morgan fingerprint density at radius 1 is 1.24 bits per heavy atom. The lowest BCUT2D eigenvalue weighted by molar-refractivity contribution is -0.428. The zero-order valence-corrected chi connectivity index (χ0v) is 18.7. The van der Waals surface area contributed by atoms with Gasteiger partial charge in [-0.15, -0.1) is 5.06 Å². The van der Waals surface area contributed by atoms with E-state index in [9.17, 15) is 39.6 Å². The van der Waals surface area contributed by atoms with Crippen LogP contribution in [0.1, 0.15) is 43.7 Å². The normalized spacial score (nSPS) is 27.9. The number of aliphatic hydroxyl groups excluding tert-OH is 2. The molecular formula is C22H30FN3O8. The molecule has 0 radical (unpaired) electrons. The Kier molecular flexibility index (Phi) is 8.03. The number of H-pyrrole nitrogens is 1. The highest BCUT2D eigenvalue weighted by atomic mass is 19.1. The maximum absolute atomic E-state index is 14.8.